The van der Waals surface area contributed by atoms with Crippen molar-refractivity contribution in [3.8, 4) is 0 Å². The first-order valence-corrected chi connectivity index (χ1v) is 11.6. The van der Waals surface area contributed by atoms with E-state index in [1.165, 1.54) is 7.11 Å². The van der Waals surface area contributed by atoms with E-state index in [-0.39, 0.29) is 21.7 Å². The fraction of sp³-hybridized carbons (Fsp3) is 0.450. The van der Waals surface area contributed by atoms with Gasteiger partial charge in [-0.25, -0.2) is 13.2 Å². The van der Waals surface area contributed by atoms with Gasteiger partial charge in [-0.2, -0.15) is 0 Å². The van der Waals surface area contributed by atoms with Crippen LogP contribution >= 0.6 is 11.3 Å². The third-order valence-corrected chi connectivity index (χ3v) is 8.94. The minimum atomic E-state index is -3.90. The lowest BCUT2D eigenvalue weighted by Gasteiger charge is -2.36. The Kier molecular flexibility index (Phi) is 4.76. The summed E-state index contributed by atoms with van der Waals surface area (Å²) >= 11 is 1.12. The zero-order valence-electron chi connectivity index (χ0n) is 16.4. The lowest BCUT2D eigenvalue weighted by atomic mass is 9.89. The molecule has 150 valence electrons. The van der Waals surface area contributed by atoms with E-state index in [1.807, 2.05) is 19.1 Å². The Labute approximate surface area is 169 Å². The van der Waals surface area contributed by atoms with Gasteiger partial charge in [-0.05, 0) is 56.4 Å². The molecule has 2 aromatic rings. The number of fused-ring (bicyclic) bond motifs is 3. The molecule has 6 nitrogen and oxygen atoms in total. The van der Waals surface area contributed by atoms with E-state index >= 15 is 0 Å². The molecule has 28 heavy (non-hydrogen) atoms. The standard InChI is InChI=1S/C20H24N2O4S2/c1-12-5-6-16-14(9-12)15-10-21(3)8-7-17(15)22(16)28(24,25)19-13(2)11-27-18(19)20(23)26-4/h5-6,9,11,15,17H,7-8,10H2,1-4H3. The summed E-state index contributed by atoms with van der Waals surface area (Å²) in [6, 6.07) is 5.82. The van der Waals surface area contributed by atoms with Crippen molar-refractivity contribution in [2.45, 2.75) is 37.1 Å². The molecule has 3 heterocycles. The van der Waals surface area contributed by atoms with E-state index in [1.54, 1.807) is 16.6 Å². The van der Waals surface area contributed by atoms with Crippen molar-refractivity contribution in [2.75, 3.05) is 31.6 Å². The monoisotopic (exact) mass is 420 g/mol. The van der Waals surface area contributed by atoms with Crippen LogP contribution in [0.25, 0.3) is 0 Å². The predicted octanol–water partition coefficient (Wildman–Crippen LogP) is 3.15. The Balaban J connectivity index is 1.89. The fourth-order valence-corrected chi connectivity index (χ4v) is 7.84. The molecule has 0 saturated carbocycles. The fourth-order valence-electron chi connectivity index (χ4n) is 4.43. The summed E-state index contributed by atoms with van der Waals surface area (Å²) in [6.45, 7) is 5.41. The van der Waals surface area contributed by atoms with Crippen LogP contribution in [0.2, 0.25) is 0 Å². The molecule has 0 radical (unpaired) electrons. The van der Waals surface area contributed by atoms with Gasteiger partial charge in [-0.3, -0.25) is 4.31 Å². The van der Waals surface area contributed by atoms with Crippen LogP contribution in [0.3, 0.4) is 0 Å². The van der Waals surface area contributed by atoms with Crippen LogP contribution in [0, 0.1) is 13.8 Å². The van der Waals surface area contributed by atoms with Gasteiger partial charge in [-0.15, -0.1) is 11.3 Å². The number of anilines is 1. The van der Waals surface area contributed by atoms with Crippen LogP contribution in [0.4, 0.5) is 5.69 Å². The third-order valence-electron chi connectivity index (χ3n) is 5.71. The van der Waals surface area contributed by atoms with Gasteiger partial charge >= 0.3 is 5.97 Å². The number of rotatable bonds is 3. The quantitative estimate of drug-likeness (QED) is 0.714. The van der Waals surface area contributed by atoms with E-state index in [2.05, 4.69) is 18.0 Å². The number of aryl methyl sites for hydroxylation is 2. The molecule has 2 atom stereocenters. The van der Waals surface area contributed by atoms with Crippen molar-refractivity contribution in [1.29, 1.82) is 0 Å². The van der Waals surface area contributed by atoms with Gasteiger partial charge in [-0.1, -0.05) is 17.7 Å². The number of esters is 1. The number of carbonyl (C=O) groups is 1. The molecule has 1 saturated heterocycles. The molecule has 0 aliphatic carbocycles. The highest BCUT2D eigenvalue weighted by Gasteiger charge is 2.48. The molecule has 4 rings (SSSR count). The van der Waals surface area contributed by atoms with E-state index in [4.69, 9.17) is 4.74 Å². The first kappa shape index (κ1) is 19.4. The maximum Gasteiger partial charge on any atom is 0.349 e. The Morgan fingerprint density at radius 1 is 1.29 bits per heavy atom. The van der Waals surface area contributed by atoms with Gasteiger partial charge in [0.25, 0.3) is 10.0 Å². The number of likely N-dealkylation sites (tertiary alicyclic amines) is 1. The second kappa shape index (κ2) is 6.86. The van der Waals surface area contributed by atoms with Crippen molar-refractivity contribution < 1.29 is 17.9 Å². The molecule has 0 amide bonds. The highest BCUT2D eigenvalue weighted by atomic mass is 32.2. The number of methoxy groups -OCH3 is 1. The van der Waals surface area contributed by atoms with E-state index < -0.39 is 16.0 Å². The predicted molar refractivity (Wildman–Crippen MR) is 110 cm³/mol. The average molecular weight is 421 g/mol. The Morgan fingerprint density at radius 2 is 2.04 bits per heavy atom. The second-order valence-electron chi connectivity index (χ2n) is 7.66. The smallest absolute Gasteiger partial charge is 0.349 e. The molecule has 1 fully saturated rings. The Bertz CT molecular complexity index is 1040. The minimum Gasteiger partial charge on any atom is -0.465 e. The summed E-state index contributed by atoms with van der Waals surface area (Å²) in [5.41, 5.74) is 3.51. The lowest BCUT2D eigenvalue weighted by Crippen LogP contribution is -2.47. The molecular formula is C20H24N2O4S2. The van der Waals surface area contributed by atoms with Crippen LogP contribution in [-0.4, -0.2) is 52.6 Å². The zero-order valence-corrected chi connectivity index (χ0v) is 18.1. The van der Waals surface area contributed by atoms with Crippen molar-refractivity contribution in [2.24, 2.45) is 0 Å². The number of likely N-dealkylation sites (N-methyl/N-ethyl adjacent to an activating group) is 1. The number of benzene rings is 1. The minimum absolute atomic E-state index is 0.0791. The van der Waals surface area contributed by atoms with Crippen LogP contribution in [0.1, 0.15) is 38.7 Å². The van der Waals surface area contributed by atoms with Crippen molar-refractivity contribution in [3.05, 3.63) is 45.1 Å². The van der Waals surface area contributed by atoms with Gasteiger partial charge in [0.05, 0.1) is 18.8 Å². The molecule has 2 unspecified atom stereocenters. The van der Waals surface area contributed by atoms with Crippen molar-refractivity contribution in [1.82, 2.24) is 4.90 Å². The number of piperidine rings is 1. The summed E-state index contributed by atoms with van der Waals surface area (Å²) in [6.07, 6.45) is 0.755. The summed E-state index contributed by atoms with van der Waals surface area (Å²) in [7, 11) is -0.558. The highest BCUT2D eigenvalue weighted by Crippen LogP contribution is 2.48. The third kappa shape index (κ3) is 2.86. The van der Waals surface area contributed by atoms with Crippen molar-refractivity contribution >= 4 is 33.0 Å². The van der Waals surface area contributed by atoms with E-state index in [0.717, 1.165) is 47.7 Å². The van der Waals surface area contributed by atoms with Crippen LogP contribution in [0.5, 0.6) is 0 Å². The van der Waals surface area contributed by atoms with Crippen LogP contribution < -0.4 is 4.31 Å². The van der Waals surface area contributed by atoms with Gasteiger partial charge in [0.2, 0.25) is 0 Å². The van der Waals surface area contributed by atoms with Gasteiger partial charge in [0.1, 0.15) is 9.77 Å². The van der Waals surface area contributed by atoms with Gasteiger partial charge in [0, 0.05) is 12.5 Å². The molecule has 1 aromatic carbocycles. The molecule has 8 heteroatoms. The molecule has 0 spiro atoms. The van der Waals surface area contributed by atoms with Crippen molar-refractivity contribution in [3.63, 3.8) is 0 Å². The SMILES string of the molecule is COC(=O)c1scc(C)c1S(=O)(=O)N1c2ccc(C)cc2C2CN(C)CCC21. The number of sulfonamides is 1. The number of nitrogens with zero attached hydrogens (tertiary/aromatic N) is 2. The number of ether oxygens (including phenoxy) is 1. The molecule has 1 aromatic heterocycles. The summed E-state index contributed by atoms with van der Waals surface area (Å²) in [5.74, 6) is -0.483. The van der Waals surface area contributed by atoms with E-state index in [0.29, 0.717) is 5.56 Å². The summed E-state index contributed by atoms with van der Waals surface area (Å²) in [4.78, 5) is 14.7. The maximum atomic E-state index is 13.9. The summed E-state index contributed by atoms with van der Waals surface area (Å²) < 4.78 is 34.1. The molecule has 2 aliphatic heterocycles. The molecule has 0 N–H and O–H groups in total. The molecule has 0 bridgehead atoms. The average Bonchev–Trinajstić information content (AvgIpc) is 3.19. The van der Waals surface area contributed by atoms with Gasteiger partial charge in [0.15, 0.2) is 0 Å². The number of thiophene rings is 1. The Morgan fingerprint density at radius 3 is 2.75 bits per heavy atom. The first-order valence-electron chi connectivity index (χ1n) is 9.25. The Hall–Kier alpha value is -1.90. The lowest BCUT2D eigenvalue weighted by molar-refractivity contribution is 0.0602. The van der Waals surface area contributed by atoms with Crippen LogP contribution in [-0.2, 0) is 14.8 Å². The first-order chi connectivity index (χ1) is 13.3. The highest BCUT2D eigenvalue weighted by molar-refractivity contribution is 7.93. The topological polar surface area (TPSA) is 66.9 Å². The van der Waals surface area contributed by atoms with E-state index in [9.17, 15) is 13.2 Å². The largest absolute Gasteiger partial charge is 0.465 e. The molecule has 2 aliphatic rings. The zero-order chi connectivity index (χ0) is 20.2. The molecular weight excluding hydrogens is 396 g/mol. The van der Waals surface area contributed by atoms with Crippen LogP contribution in [0.15, 0.2) is 28.5 Å². The second-order valence-corrected chi connectivity index (χ2v) is 10.3. The normalized spacial score (nSPS) is 22.1. The summed E-state index contributed by atoms with van der Waals surface area (Å²) in [5, 5.41) is 1.71. The number of hydrogen-bond donors (Lipinski definition) is 0. The number of hydrogen-bond acceptors (Lipinski definition) is 6. The van der Waals surface area contributed by atoms with Gasteiger partial charge < -0.3 is 9.64 Å². The number of carbonyl (C=O) groups excluding carboxylic acids is 1. The maximum absolute atomic E-state index is 13.9.